The highest BCUT2D eigenvalue weighted by Crippen LogP contribution is 2.24. The number of nitrogens with zero attached hydrogens (tertiary/aromatic N) is 4. The molecule has 3 rings (SSSR count). The van der Waals surface area contributed by atoms with Crippen molar-refractivity contribution in [1.82, 2.24) is 0 Å². The fourth-order valence-corrected chi connectivity index (χ4v) is 2.21. The molecule has 1 fully saturated rings. The molecule has 0 aromatic heterocycles. The first-order chi connectivity index (χ1) is 9.11. The highest BCUT2D eigenvalue weighted by atomic mass is 32.1. The molecule has 3 aliphatic rings. The molecule has 19 heavy (non-hydrogen) atoms. The predicted molar refractivity (Wildman–Crippen MR) is 71.2 cm³/mol. The van der Waals surface area contributed by atoms with Gasteiger partial charge in [-0.3, -0.25) is 0 Å². The topological polar surface area (TPSA) is 119 Å². The van der Waals surface area contributed by atoms with Crippen molar-refractivity contribution in [3.8, 4) is 0 Å². The molecule has 9 heteroatoms. The molecule has 3 N–H and O–H groups in total. The van der Waals surface area contributed by atoms with Crippen LogP contribution in [0.15, 0.2) is 20.0 Å². The maximum Gasteiger partial charge on any atom is 0.184 e. The molecule has 0 saturated carbocycles. The summed E-state index contributed by atoms with van der Waals surface area (Å²) in [6.07, 6.45) is -2.91. The Bertz CT molecular complexity index is 556. The number of aliphatic hydroxyl groups excluding tert-OH is 3. The van der Waals surface area contributed by atoms with Crippen LogP contribution in [0.5, 0.6) is 0 Å². The Balaban J connectivity index is 1.88. The predicted octanol–water partition coefficient (Wildman–Crippen LogP) is -1.91. The largest absolute Gasteiger partial charge is 0.394 e. The van der Waals surface area contributed by atoms with Crippen molar-refractivity contribution in [3.63, 3.8) is 0 Å². The molecular formula is C10H10N4O4S. The van der Waals surface area contributed by atoms with Crippen LogP contribution in [-0.4, -0.2) is 75.1 Å². The molecule has 100 valence electrons. The van der Waals surface area contributed by atoms with E-state index in [1.165, 1.54) is 6.34 Å². The highest BCUT2D eigenvalue weighted by molar-refractivity contribution is 7.82. The number of ether oxygens (including phenoxy) is 1. The van der Waals surface area contributed by atoms with E-state index in [-0.39, 0.29) is 10.8 Å². The molecule has 4 atom stereocenters. The summed E-state index contributed by atoms with van der Waals surface area (Å²) in [7, 11) is 0. The summed E-state index contributed by atoms with van der Waals surface area (Å²) in [6.45, 7) is -0.402. The van der Waals surface area contributed by atoms with Crippen LogP contribution in [0.2, 0.25) is 0 Å². The summed E-state index contributed by atoms with van der Waals surface area (Å²) in [5.41, 5.74) is 0.352. The molecule has 0 bridgehead atoms. The first-order valence-corrected chi connectivity index (χ1v) is 5.97. The minimum atomic E-state index is -1.21. The Morgan fingerprint density at radius 3 is 2.68 bits per heavy atom. The average Bonchev–Trinajstić information content (AvgIpc) is 2.94. The summed E-state index contributed by atoms with van der Waals surface area (Å²) in [5, 5.41) is 28.6. The van der Waals surface area contributed by atoms with E-state index in [0.717, 1.165) is 0 Å². The van der Waals surface area contributed by atoms with Crippen LogP contribution in [-0.2, 0) is 4.74 Å². The Morgan fingerprint density at radius 1 is 1.26 bits per heavy atom. The number of aliphatic hydroxyl groups is 3. The van der Waals surface area contributed by atoms with Gasteiger partial charge in [0.1, 0.15) is 36.5 Å². The molecule has 3 aliphatic heterocycles. The van der Waals surface area contributed by atoms with E-state index in [0.29, 0.717) is 11.5 Å². The number of thiocarbonyl (C=S) groups is 1. The molecule has 0 aliphatic carbocycles. The maximum atomic E-state index is 9.88. The first kappa shape index (κ1) is 12.6. The van der Waals surface area contributed by atoms with Crippen molar-refractivity contribution in [1.29, 1.82) is 0 Å². The van der Waals surface area contributed by atoms with Crippen LogP contribution >= 0.6 is 12.2 Å². The monoisotopic (exact) mass is 282 g/mol. The fourth-order valence-electron chi connectivity index (χ4n) is 2.02. The van der Waals surface area contributed by atoms with E-state index < -0.39 is 31.0 Å². The zero-order valence-corrected chi connectivity index (χ0v) is 10.4. The first-order valence-electron chi connectivity index (χ1n) is 5.56. The Morgan fingerprint density at radius 2 is 2.05 bits per heavy atom. The van der Waals surface area contributed by atoms with Crippen molar-refractivity contribution >= 4 is 40.9 Å². The van der Waals surface area contributed by atoms with Gasteiger partial charge in [0.15, 0.2) is 16.7 Å². The van der Waals surface area contributed by atoms with Crippen LogP contribution in [0.1, 0.15) is 0 Å². The van der Waals surface area contributed by atoms with Crippen molar-refractivity contribution in [3.05, 3.63) is 0 Å². The molecular weight excluding hydrogens is 272 g/mol. The summed E-state index contributed by atoms with van der Waals surface area (Å²) >= 11 is 4.99. The molecule has 3 heterocycles. The van der Waals surface area contributed by atoms with Gasteiger partial charge in [-0.15, -0.1) is 0 Å². The third-order valence-electron chi connectivity index (χ3n) is 3.01. The maximum absolute atomic E-state index is 9.88. The van der Waals surface area contributed by atoms with Gasteiger partial charge >= 0.3 is 0 Å². The summed E-state index contributed by atoms with van der Waals surface area (Å²) in [4.78, 5) is 16.2. The van der Waals surface area contributed by atoms with Crippen LogP contribution in [0.4, 0.5) is 0 Å². The molecule has 0 aromatic rings. The van der Waals surface area contributed by atoms with Crippen LogP contribution < -0.4 is 0 Å². The van der Waals surface area contributed by atoms with E-state index in [1.807, 2.05) is 0 Å². The second-order valence-corrected chi connectivity index (χ2v) is 4.58. The number of fused-ring (bicyclic) bond motifs is 1. The summed E-state index contributed by atoms with van der Waals surface area (Å²) in [5.74, 6) is 0.483. The van der Waals surface area contributed by atoms with Crippen LogP contribution in [0, 0.1) is 0 Å². The number of aliphatic imine (C=N–C) groups is 4. The molecule has 0 amide bonds. The lowest BCUT2D eigenvalue weighted by atomic mass is 10.1. The van der Waals surface area contributed by atoms with Crippen LogP contribution in [0.25, 0.3) is 0 Å². The van der Waals surface area contributed by atoms with Crippen molar-refractivity contribution in [2.75, 3.05) is 6.61 Å². The Hall–Kier alpha value is -1.39. The second-order valence-electron chi connectivity index (χ2n) is 4.19. The van der Waals surface area contributed by atoms with Crippen molar-refractivity contribution in [2.45, 2.75) is 24.4 Å². The zero-order chi connectivity index (χ0) is 13.6. The van der Waals surface area contributed by atoms with Gasteiger partial charge in [-0.1, -0.05) is 12.2 Å². The van der Waals surface area contributed by atoms with Gasteiger partial charge in [-0.25, -0.2) is 20.0 Å². The van der Waals surface area contributed by atoms with Gasteiger partial charge in [-0.05, 0) is 0 Å². The number of rotatable bonds is 2. The molecule has 0 aromatic carbocycles. The van der Waals surface area contributed by atoms with E-state index in [1.54, 1.807) is 0 Å². The van der Waals surface area contributed by atoms with Gasteiger partial charge in [0, 0.05) is 0 Å². The smallest absolute Gasteiger partial charge is 0.184 e. The molecule has 1 saturated heterocycles. The Kier molecular flexibility index (Phi) is 3.07. The van der Waals surface area contributed by atoms with Gasteiger partial charge in [0.25, 0.3) is 0 Å². The number of hydrogen-bond donors (Lipinski definition) is 3. The Labute approximate surface area is 112 Å². The van der Waals surface area contributed by atoms with Crippen molar-refractivity contribution in [2.24, 2.45) is 20.0 Å². The van der Waals surface area contributed by atoms with Gasteiger partial charge in [0.05, 0.1) is 6.61 Å². The van der Waals surface area contributed by atoms with Crippen LogP contribution in [0.3, 0.4) is 0 Å². The third kappa shape index (κ3) is 1.95. The van der Waals surface area contributed by atoms with E-state index in [2.05, 4.69) is 20.0 Å². The number of amidine groups is 2. The molecule has 0 spiro atoms. The average molecular weight is 282 g/mol. The zero-order valence-electron chi connectivity index (χ0n) is 9.54. The van der Waals surface area contributed by atoms with Gasteiger partial charge < -0.3 is 20.1 Å². The lowest BCUT2D eigenvalue weighted by Crippen LogP contribution is -2.36. The van der Waals surface area contributed by atoms with Crippen molar-refractivity contribution < 1.29 is 20.1 Å². The van der Waals surface area contributed by atoms with E-state index in [9.17, 15) is 10.2 Å². The number of hydrogen-bond acceptors (Lipinski definition) is 8. The van der Waals surface area contributed by atoms with Gasteiger partial charge in [-0.2, -0.15) is 0 Å². The minimum absolute atomic E-state index is 0.170. The molecule has 1 unspecified atom stereocenters. The SMILES string of the molecule is OC[C@H]1OC(C2=NC3=NC=NC(=S)C3=N2)[C@@H](O)[C@@H]1O. The third-order valence-corrected chi connectivity index (χ3v) is 3.31. The molecule has 8 nitrogen and oxygen atoms in total. The summed E-state index contributed by atoms with van der Waals surface area (Å²) in [6, 6.07) is 0. The fraction of sp³-hybridized carbons (Fsp3) is 0.500. The normalized spacial score (nSPS) is 37.0. The summed E-state index contributed by atoms with van der Waals surface area (Å²) < 4.78 is 5.33. The highest BCUT2D eigenvalue weighted by Gasteiger charge is 2.46. The lowest BCUT2D eigenvalue weighted by molar-refractivity contribution is -0.0101. The molecule has 0 radical (unpaired) electrons. The quantitative estimate of drug-likeness (QED) is 0.510. The van der Waals surface area contributed by atoms with E-state index in [4.69, 9.17) is 22.1 Å². The lowest BCUT2D eigenvalue weighted by Gasteiger charge is -2.11. The van der Waals surface area contributed by atoms with E-state index >= 15 is 0 Å². The van der Waals surface area contributed by atoms with Gasteiger partial charge in [0.2, 0.25) is 0 Å². The standard InChI is InChI=1S/C10H10N4O4S/c15-1-3-5(16)6(17)7(18-3)9-13-4-8(14-9)11-2-12-10(4)19/h2-3,5-7,15-17H,1H2/t3-,5-,6+,7?/m1/s1. The minimum Gasteiger partial charge on any atom is -0.394 e. The second kappa shape index (κ2) is 4.62.